The van der Waals surface area contributed by atoms with E-state index in [9.17, 15) is 0 Å². The molecule has 0 spiro atoms. The number of benzene rings is 1. The summed E-state index contributed by atoms with van der Waals surface area (Å²) < 4.78 is 1.05. The maximum absolute atomic E-state index is 5.90. The van der Waals surface area contributed by atoms with Crippen LogP contribution in [0.1, 0.15) is 24.6 Å². The van der Waals surface area contributed by atoms with E-state index in [2.05, 4.69) is 31.4 Å². The van der Waals surface area contributed by atoms with Gasteiger partial charge in [0.25, 0.3) is 0 Å². The molecule has 1 unspecified atom stereocenters. The maximum atomic E-state index is 5.90. The van der Waals surface area contributed by atoms with E-state index in [0.29, 0.717) is 6.04 Å². The summed E-state index contributed by atoms with van der Waals surface area (Å²) in [5, 5.41) is 11.7. The molecule has 2 N–H and O–H groups in total. The standard InChI is InChI=1S/C13H13BrClN3/c14-11-12(8-3-5-9(15)6-4-8)17-18-13(11)10-2-1-7-16-10/h3-6,10,16H,1-2,7H2,(H,17,18). The van der Waals surface area contributed by atoms with Crippen LogP contribution in [0.25, 0.3) is 11.3 Å². The predicted octanol–water partition coefficient (Wildman–Crippen LogP) is 3.92. The van der Waals surface area contributed by atoms with Crippen LogP contribution in [0.5, 0.6) is 0 Å². The van der Waals surface area contributed by atoms with Gasteiger partial charge >= 0.3 is 0 Å². The topological polar surface area (TPSA) is 40.7 Å². The summed E-state index contributed by atoms with van der Waals surface area (Å²) in [6.45, 7) is 1.08. The molecule has 3 rings (SSSR count). The lowest BCUT2D eigenvalue weighted by Crippen LogP contribution is -2.13. The SMILES string of the molecule is Clc1ccc(-c2n[nH]c(C3CCCN3)c2Br)cc1. The molecule has 2 heterocycles. The van der Waals surface area contributed by atoms with Crippen LogP contribution in [0.2, 0.25) is 5.02 Å². The van der Waals surface area contributed by atoms with Gasteiger partial charge in [-0.15, -0.1) is 0 Å². The van der Waals surface area contributed by atoms with Crippen molar-refractivity contribution in [1.82, 2.24) is 15.5 Å². The van der Waals surface area contributed by atoms with E-state index < -0.39 is 0 Å². The van der Waals surface area contributed by atoms with Crippen molar-refractivity contribution in [2.24, 2.45) is 0 Å². The van der Waals surface area contributed by atoms with Gasteiger partial charge < -0.3 is 5.32 Å². The number of aromatic nitrogens is 2. The molecule has 18 heavy (non-hydrogen) atoms. The van der Waals surface area contributed by atoms with Gasteiger partial charge in [-0.1, -0.05) is 23.7 Å². The van der Waals surface area contributed by atoms with Crippen molar-refractivity contribution in [3.63, 3.8) is 0 Å². The van der Waals surface area contributed by atoms with E-state index >= 15 is 0 Å². The summed E-state index contributed by atoms with van der Waals surface area (Å²) in [6.07, 6.45) is 2.37. The molecule has 1 atom stereocenters. The molecule has 1 aromatic carbocycles. The molecule has 2 aromatic rings. The second-order valence-corrected chi connectivity index (χ2v) is 5.69. The molecule has 0 aliphatic carbocycles. The van der Waals surface area contributed by atoms with Gasteiger partial charge in [0.05, 0.1) is 16.2 Å². The fraction of sp³-hybridized carbons (Fsp3) is 0.308. The number of rotatable bonds is 2. The van der Waals surface area contributed by atoms with Gasteiger partial charge in [-0.25, -0.2) is 0 Å². The van der Waals surface area contributed by atoms with Gasteiger partial charge in [0, 0.05) is 10.6 Å². The molecular weight excluding hydrogens is 314 g/mol. The molecule has 0 saturated carbocycles. The Labute approximate surface area is 119 Å². The molecule has 3 nitrogen and oxygen atoms in total. The maximum Gasteiger partial charge on any atom is 0.107 e. The lowest BCUT2D eigenvalue weighted by atomic mass is 10.1. The second kappa shape index (κ2) is 5.03. The Hall–Kier alpha value is -0.840. The fourth-order valence-corrected chi connectivity index (χ4v) is 3.11. The molecule has 5 heteroatoms. The minimum atomic E-state index is 0.382. The van der Waals surface area contributed by atoms with Crippen LogP contribution in [0.4, 0.5) is 0 Å². The minimum Gasteiger partial charge on any atom is -0.309 e. The Kier molecular flexibility index (Phi) is 3.41. The quantitative estimate of drug-likeness (QED) is 0.878. The van der Waals surface area contributed by atoms with Crippen LogP contribution in [-0.2, 0) is 0 Å². The summed E-state index contributed by atoms with van der Waals surface area (Å²) in [5.41, 5.74) is 3.14. The smallest absolute Gasteiger partial charge is 0.107 e. The van der Waals surface area contributed by atoms with Crippen LogP contribution >= 0.6 is 27.5 Å². The fourth-order valence-electron chi connectivity index (χ4n) is 2.30. The van der Waals surface area contributed by atoms with Gasteiger partial charge in [-0.3, -0.25) is 5.10 Å². The lowest BCUT2D eigenvalue weighted by molar-refractivity contribution is 0.623. The monoisotopic (exact) mass is 325 g/mol. The molecule has 1 fully saturated rings. The molecule has 1 saturated heterocycles. The van der Waals surface area contributed by atoms with E-state index in [4.69, 9.17) is 11.6 Å². The molecule has 0 bridgehead atoms. The van der Waals surface area contributed by atoms with Crippen molar-refractivity contribution in [1.29, 1.82) is 0 Å². The Morgan fingerprint density at radius 3 is 2.72 bits per heavy atom. The zero-order valence-corrected chi connectivity index (χ0v) is 12.1. The van der Waals surface area contributed by atoms with Gasteiger partial charge in [0.15, 0.2) is 0 Å². The molecule has 0 amide bonds. The van der Waals surface area contributed by atoms with Crippen molar-refractivity contribution in [3.05, 3.63) is 39.5 Å². The highest BCUT2D eigenvalue weighted by atomic mass is 79.9. The Balaban J connectivity index is 1.96. The Morgan fingerprint density at radius 1 is 1.28 bits per heavy atom. The highest BCUT2D eigenvalue weighted by Gasteiger charge is 2.23. The zero-order chi connectivity index (χ0) is 12.5. The average molecular weight is 327 g/mol. The summed E-state index contributed by atoms with van der Waals surface area (Å²) >= 11 is 9.55. The molecule has 1 aliphatic heterocycles. The van der Waals surface area contributed by atoms with Crippen molar-refractivity contribution < 1.29 is 0 Å². The normalized spacial score (nSPS) is 19.3. The van der Waals surface area contributed by atoms with Crippen LogP contribution in [-0.4, -0.2) is 16.7 Å². The molecule has 94 valence electrons. The largest absolute Gasteiger partial charge is 0.309 e. The summed E-state index contributed by atoms with van der Waals surface area (Å²) in [7, 11) is 0. The van der Waals surface area contributed by atoms with Gasteiger partial charge in [0.1, 0.15) is 5.69 Å². The number of halogens is 2. The molecular formula is C13H13BrClN3. The highest BCUT2D eigenvalue weighted by molar-refractivity contribution is 9.10. The third kappa shape index (κ3) is 2.20. The van der Waals surface area contributed by atoms with Crippen molar-refractivity contribution in [3.8, 4) is 11.3 Å². The molecule has 1 aliphatic rings. The average Bonchev–Trinajstić information content (AvgIpc) is 2.99. The number of hydrogen-bond donors (Lipinski definition) is 2. The molecule has 1 aromatic heterocycles. The van der Waals surface area contributed by atoms with Crippen molar-refractivity contribution >= 4 is 27.5 Å². The summed E-state index contributed by atoms with van der Waals surface area (Å²) in [5.74, 6) is 0. The van der Waals surface area contributed by atoms with Crippen molar-refractivity contribution in [2.45, 2.75) is 18.9 Å². The third-order valence-corrected chi connectivity index (χ3v) is 4.31. The predicted molar refractivity (Wildman–Crippen MR) is 76.7 cm³/mol. The Morgan fingerprint density at radius 2 is 2.06 bits per heavy atom. The third-order valence-electron chi connectivity index (χ3n) is 3.26. The van der Waals surface area contributed by atoms with Crippen LogP contribution in [0.3, 0.4) is 0 Å². The number of nitrogens with zero attached hydrogens (tertiary/aromatic N) is 1. The number of H-pyrrole nitrogens is 1. The van der Waals surface area contributed by atoms with Crippen LogP contribution in [0.15, 0.2) is 28.7 Å². The first-order valence-corrected chi connectivity index (χ1v) is 7.16. The lowest BCUT2D eigenvalue weighted by Gasteiger charge is -2.07. The van der Waals surface area contributed by atoms with Gasteiger partial charge in [0.2, 0.25) is 0 Å². The number of hydrogen-bond acceptors (Lipinski definition) is 2. The van der Waals surface area contributed by atoms with Crippen molar-refractivity contribution in [2.75, 3.05) is 6.54 Å². The highest BCUT2D eigenvalue weighted by Crippen LogP contribution is 2.34. The zero-order valence-electron chi connectivity index (χ0n) is 9.71. The van der Waals surface area contributed by atoms with E-state index in [1.807, 2.05) is 24.3 Å². The van der Waals surface area contributed by atoms with Gasteiger partial charge in [-0.2, -0.15) is 5.10 Å². The first-order valence-electron chi connectivity index (χ1n) is 5.99. The van der Waals surface area contributed by atoms with E-state index in [-0.39, 0.29) is 0 Å². The first kappa shape index (κ1) is 12.2. The summed E-state index contributed by atoms with van der Waals surface area (Å²) in [4.78, 5) is 0. The Bertz CT molecular complexity index is 544. The molecule has 0 radical (unpaired) electrons. The van der Waals surface area contributed by atoms with Crippen LogP contribution < -0.4 is 5.32 Å². The number of aromatic amines is 1. The van der Waals surface area contributed by atoms with E-state index in [0.717, 1.165) is 39.4 Å². The van der Waals surface area contributed by atoms with Gasteiger partial charge in [-0.05, 0) is 47.4 Å². The van der Waals surface area contributed by atoms with E-state index in [1.165, 1.54) is 6.42 Å². The van der Waals surface area contributed by atoms with Crippen LogP contribution in [0, 0.1) is 0 Å². The first-order chi connectivity index (χ1) is 8.75. The summed E-state index contributed by atoms with van der Waals surface area (Å²) in [6, 6.07) is 8.11. The second-order valence-electron chi connectivity index (χ2n) is 4.46. The van der Waals surface area contributed by atoms with E-state index in [1.54, 1.807) is 0 Å². The minimum absolute atomic E-state index is 0.382. The number of nitrogens with one attached hydrogen (secondary N) is 2.